The zero-order valence-corrected chi connectivity index (χ0v) is 10.3. The first-order valence-electron chi connectivity index (χ1n) is 4.90. The van der Waals surface area contributed by atoms with E-state index in [0.29, 0.717) is 25.4 Å². The summed E-state index contributed by atoms with van der Waals surface area (Å²) < 4.78 is 34.1. The minimum atomic E-state index is -3.12. The molecule has 4 nitrogen and oxygen atoms in total. The van der Waals surface area contributed by atoms with Crippen molar-refractivity contribution in [2.24, 2.45) is 0 Å². The van der Waals surface area contributed by atoms with Crippen LogP contribution in [0.1, 0.15) is 26.7 Å². The molecule has 0 aromatic heterocycles. The molecule has 0 amide bonds. The Bertz CT molecular complexity index is 246. The van der Waals surface area contributed by atoms with Gasteiger partial charge in [-0.3, -0.25) is 8.77 Å². The molecule has 84 valence electrons. The van der Waals surface area contributed by atoms with Crippen molar-refractivity contribution in [2.45, 2.75) is 31.7 Å². The van der Waals surface area contributed by atoms with Gasteiger partial charge < -0.3 is 9.05 Å². The van der Waals surface area contributed by atoms with Crippen LogP contribution in [0.3, 0.4) is 0 Å². The van der Waals surface area contributed by atoms with Crippen LogP contribution in [0.5, 0.6) is 0 Å². The van der Waals surface area contributed by atoms with Crippen LogP contribution in [0.2, 0.25) is 0 Å². The molecule has 0 N–H and O–H groups in total. The molecule has 1 fully saturated rings. The molecule has 0 radical (unpaired) electrons. The first-order chi connectivity index (χ1) is 6.64. The molecule has 2 atom stereocenters. The fourth-order valence-electron chi connectivity index (χ4n) is 1.53. The molecule has 0 saturated carbocycles. The highest BCUT2D eigenvalue weighted by atomic mass is 32.2. The molecule has 1 heterocycles. The van der Waals surface area contributed by atoms with E-state index >= 15 is 0 Å². The average Bonchev–Trinajstić information content (AvgIpc) is 2.52. The zero-order valence-electron chi connectivity index (χ0n) is 8.60. The summed E-state index contributed by atoms with van der Waals surface area (Å²) in [7, 11) is -4.17. The van der Waals surface area contributed by atoms with Crippen molar-refractivity contribution in [3.63, 3.8) is 0 Å². The number of rotatable bonds is 5. The average molecular weight is 240 g/mol. The predicted octanol–water partition coefficient (Wildman–Crippen LogP) is 2.12. The number of hydrogen-bond acceptors (Lipinski definition) is 4. The van der Waals surface area contributed by atoms with Gasteiger partial charge in [-0.2, -0.15) is 0 Å². The Morgan fingerprint density at radius 2 is 1.93 bits per heavy atom. The van der Waals surface area contributed by atoms with Crippen LogP contribution in [0.4, 0.5) is 0 Å². The molecule has 0 bridgehead atoms. The van der Waals surface area contributed by atoms with Crippen molar-refractivity contribution < 1.29 is 17.8 Å². The van der Waals surface area contributed by atoms with Gasteiger partial charge in [-0.05, 0) is 26.7 Å². The normalized spacial score (nSPS) is 28.1. The van der Waals surface area contributed by atoms with Gasteiger partial charge in [0.2, 0.25) is 0 Å². The van der Waals surface area contributed by atoms with Crippen molar-refractivity contribution in [1.29, 1.82) is 0 Å². The molecular formula is C8H17O4PS. The quantitative estimate of drug-likeness (QED) is 0.691. The fourth-order valence-corrected chi connectivity index (χ4v) is 6.15. The van der Waals surface area contributed by atoms with E-state index < -0.39 is 23.4 Å². The van der Waals surface area contributed by atoms with Crippen LogP contribution < -0.4 is 0 Å². The van der Waals surface area contributed by atoms with Crippen molar-refractivity contribution >= 4 is 18.4 Å². The molecule has 1 saturated heterocycles. The molecule has 0 aliphatic carbocycles. The van der Waals surface area contributed by atoms with Gasteiger partial charge in [-0.1, -0.05) is 0 Å². The summed E-state index contributed by atoms with van der Waals surface area (Å²) in [5.74, 6) is 0.620. The molecule has 6 heteroatoms. The van der Waals surface area contributed by atoms with Gasteiger partial charge in [0.25, 0.3) is 0 Å². The smallest absolute Gasteiger partial charge is 0.308 e. The largest absolute Gasteiger partial charge is 0.346 e. The van der Waals surface area contributed by atoms with Gasteiger partial charge in [0.1, 0.15) is 4.99 Å². The minimum Gasteiger partial charge on any atom is -0.308 e. The van der Waals surface area contributed by atoms with Gasteiger partial charge >= 0.3 is 7.60 Å². The molecule has 1 unspecified atom stereocenters. The molecule has 1 aliphatic rings. The van der Waals surface area contributed by atoms with E-state index in [1.54, 1.807) is 13.8 Å². The Labute approximate surface area is 87.4 Å². The highest BCUT2D eigenvalue weighted by molar-refractivity contribution is 7.93. The van der Waals surface area contributed by atoms with Crippen LogP contribution in [0.25, 0.3) is 0 Å². The van der Waals surface area contributed by atoms with Gasteiger partial charge in [-0.15, -0.1) is 0 Å². The second-order valence-electron chi connectivity index (χ2n) is 3.06. The van der Waals surface area contributed by atoms with E-state index in [2.05, 4.69) is 0 Å². The summed E-state index contributed by atoms with van der Waals surface area (Å²) >= 11 is 0. The maximum atomic E-state index is 12.2. The molecular weight excluding hydrogens is 223 g/mol. The SMILES string of the molecule is CCOP(=O)(OCC)[C@@H]1CCCS1=O. The van der Waals surface area contributed by atoms with Crippen LogP contribution in [-0.2, 0) is 24.4 Å². The predicted molar refractivity (Wildman–Crippen MR) is 56.9 cm³/mol. The summed E-state index contributed by atoms with van der Waals surface area (Å²) in [6, 6.07) is 0. The van der Waals surface area contributed by atoms with Crippen LogP contribution in [-0.4, -0.2) is 28.2 Å². The Morgan fingerprint density at radius 1 is 1.36 bits per heavy atom. The summed E-state index contributed by atoms with van der Waals surface area (Å²) in [5.41, 5.74) is 0. The van der Waals surface area contributed by atoms with E-state index in [4.69, 9.17) is 9.05 Å². The summed E-state index contributed by atoms with van der Waals surface area (Å²) in [6.45, 7) is 4.21. The van der Waals surface area contributed by atoms with E-state index in [-0.39, 0.29) is 0 Å². The Morgan fingerprint density at radius 3 is 2.29 bits per heavy atom. The summed E-state index contributed by atoms with van der Waals surface area (Å²) in [4.78, 5) is -0.401. The van der Waals surface area contributed by atoms with Gasteiger partial charge in [0.05, 0.1) is 13.2 Å². The lowest BCUT2D eigenvalue weighted by atomic mass is 10.4. The van der Waals surface area contributed by atoms with E-state index in [1.807, 2.05) is 0 Å². The Hall–Kier alpha value is 0.300. The Kier molecular flexibility index (Phi) is 4.77. The highest BCUT2D eigenvalue weighted by Gasteiger charge is 2.42. The fraction of sp³-hybridized carbons (Fsp3) is 1.00. The van der Waals surface area contributed by atoms with Crippen molar-refractivity contribution in [2.75, 3.05) is 19.0 Å². The van der Waals surface area contributed by atoms with Gasteiger partial charge in [0, 0.05) is 16.6 Å². The second kappa shape index (κ2) is 5.40. The highest BCUT2D eigenvalue weighted by Crippen LogP contribution is 2.57. The third kappa shape index (κ3) is 2.66. The van der Waals surface area contributed by atoms with Crippen molar-refractivity contribution in [3.8, 4) is 0 Å². The van der Waals surface area contributed by atoms with E-state index in [0.717, 1.165) is 6.42 Å². The molecule has 0 aromatic carbocycles. The monoisotopic (exact) mass is 240 g/mol. The van der Waals surface area contributed by atoms with E-state index in [1.165, 1.54) is 0 Å². The van der Waals surface area contributed by atoms with Crippen LogP contribution in [0, 0.1) is 0 Å². The van der Waals surface area contributed by atoms with Crippen LogP contribution in [0.15, 0.2) is 0 Å². The van der Waals surface area contributed by atoms with Gasteiger partial charge in [0.15, 0.2) is 0 Å². The third-order valence-electron chi connectivity index (χ3n) is 2.07. The maximum absolute atomic E-state index is 12.2. The van der Waals surface area contributed by atoms with Gasteiger partial charge in [-0.25, -0.2) is 0 Å². The second-order valence-corrected chi connectivity index (χ2v) is 7.36. The summed E-state index contributed by atoms with van der Waals surface area (Å²) in [5, 5.41) is 0. The molecule has 0 spiro atoms. The minimum absolute atomic E-state index is 0.338. The van der Waals surface area contributed by atoms with Crippen molar-refractivity contribution in [3.05, 3.63) is 0 Å². The number of hydrogen-bond donors (Lipinski definition) is 0. The lowest BCUT2D eigenvalue weighted by molar-refractivity contribution is 0.217. The maximum Gasteiger partial charge on any atom is 0.346 e. The summed E-state index contributed by atoms with van der Waals surface area (Å²) in [6.07, 6.45) is 1.53. The van der Waals surface area contributed by atoms with E-state index in [9.17, 15) is 8.77 Å². The topological polar surface area (TPSA) is 52.6 Å². The molecule has 0 aromatic rings. The zero-order chi connectivity index (χ0) is 10.6. The molecule has 14 heavy (non-hydrogen) atoms. The Balaban J connectivity index is 2.75. The third-order valence-corrected chi connectivity index (χ3v) is 7.28. The first-order valence-corrected chi connectivity index (χ1v) is 7.89. The van der Waals surface area contributed by atoms with Crippen LogP contribution >= 0.6 is 7.60 Å². The lowest BCUT2D eigenvalue weighted by Crippen LogP contribution is -2.14. The molecule has 1 rings (SSSR count). The standard InChI is InChI=1S/C8H17O4PS/c1-3-11-13(9,12-4-2)8-6-5-7-14(8)10/h8H,3-7H2,1-2H3/t8-,14?/m0/s1. The lowest BCUT2D eigenvalue weighted by Gasteiger charge is -2.21. The molecule has 1 aliphatic heterocycles. The van der Waals surface area contributed by atoms with Crippen molar-refractivity contribution in [1.82, 2.24) is 0 Å². The first kappa shape index (κ1) is 12.4.